The molecule has 3 heterocycles. The van der Waals surface area contributed by atoms with Crippen LogP contribution in [0.4, 0.5) is 0 Å². The molecule has 6 unspecified atom stereocenters. The molecule has 2 amide bonds. The number of hydrogen-bond acceptors (Lipinski definition) is 8. The number of carbonyl (C=O) groups is 2. The minimum Gasteiger partial charge on any atom is -0.497 e. The van der Waals surface area contributed by atoms with Crippen LogP contribution in [0, 0.1) is 0 Å². The summed E-state index contributed by atoms with van der Waals surface area (Å²) in [5.41, 5.74) is 1.31. The molecule has 0 bridgehead atoms. The predicted octanol–water partition coefficient (Wildman–Crippen LogP) is 2.94. The Kier molecular flexibility index (Phi) is 6.13. The summed E-state index contributed by atoms with van der Waals surface area (Å²) in [6.45, 7) is 0.124. The van der Waals surface area contributed by atoms with Crippen LogP contribution in [-0.2, 0) is 14.2 Å². The van der Waals surface area contributed by atoms with Crippen molar-refractivity contribution in [2.24, 2.45) is 0 Å². The Labute approximate surface area is 213 Å². The van der Waals surface area contributed by atoms with E-state index in [9.17, 15) is 14.7 Å². The number of hydrogen-bond donors (Lipinski definition) is 1. The van der Waals surface area contributed by atoms with Crippen molar-refractivity contribution in [3.8, 4) is 11.5 Å². The maximum Gasteiger partial charge on any atom is 0.262 e. The summed E-state index contributed by atoms with van der Waals surface area (Å²) in [7, 11) is 1.56. The van der Waals surface area contributed by atoms with Crippen LogP contribution in [0.15, 0.2) is 78.9 Å². The third kappa shape index (κ3) is 4.15. The molecule has 9 heteroatoms. The van der Waals surface area contributed by atoms with Gasteiger partial charge < -0.3 is 28.8 Å². The van der Waals surface area contributed by atoms with Gasteiger partial charge in [0.05, 0.1) is 24.8 Å². The quantitative estimate of drug-likeness (QED) is 0.530. The first-order valence-electron chi connectivity index (χ1n) is 12.0. The number of aliphatic hydroxyl groups is 1. The van der Waals surface area contributed by atoms with Crippen LogP contribution < -0.4 is 9.47 Å². The van der Waals surface area contributed by atoms with E-state index < -0.39 is 48.7 Å². The molecule has 37 heavy (non-hydrogen) atoms. The number of methoxy groups -OCH3 is 1. The summed E-state index contributed by atoms with van der Waals surface area (Å²) >= 11 is 0. The van der Waals surface area contributed by atoms with E-state index in [-0.39, 0.29) is 17.7 Å². The number of fused-ring (bicyclic) bond motifs is 2. The third-order valence-corrected chi connectivity index (χ3v) is 6.84. The Morgan fingerprint density at radius 1 is 0.838 bits per heavy atom. The van der Waals surface area contributed by atoms with Crippen LogP contribution in [0.1, 0.15) is 32.6 Å². The molecular formula is C28H25NO8. The molecule has 1 N–H and O–H groups in total. The topological polar surface area (TPSA) is 104 Å². The number of aliphatic hydroxyl groups excluding tert-OH is 1. The second kappa shape index (κ2) is 9.60. The fourth-order valence-corrected chi connectivity index (χ4v) is 5.00. The van der Waals surface area contributed by atoms with Crippen molar-refractivity contribution >= 4 is 11.8 Å². The van der Waals surface area contributed by atoms with Crippen molar-refractivity contribution in [1.82, 2.24) is 4.90 Å². The summed E-state index contributed by atoms with van der Waals surface area (Å²) in [6, 6.07) is 21.5. The lowest BCUT2D eigenvalue weighted by molar-refractivity contribution is -0.338. The minimum atomic E-state index is -1.31. The SMILES string of the molecule is COc1ccc(OC2OC3COC(c4ccccc4)OC3C(O)C2N2C(=O)c3ccccc3C2=O)cc1. The van der Waals surface area contributed by atoms with Gasteiger partial charge in [0, 0.05) is 5.56 Å². The number of nitrogens with zero attached hydrogens (tertiary/aromatic N) is 1. The highest BCUT2D eigenvalue weighted by molar-refractivity contribution is 6.21. The van der Waals surface area contributed by atoms with E-state index in [1.165, 1.54) is 0 Å². The smallest absolute Gasteiger partial charge is 0.262 e. The van der Waals surface area contributed by atoms with E-state index in [4.69, 9.17) is 23.7 Å². The number of rotatable bonds is 5. The standard InChI is InChI=1S/C28H25NO8/c1-33-17-11-13-18(14-12-17)35-28-22(29-25(31)19-9-5-6-10-20(19)26(29)32)23(30)24-21(36-28)15-34-27(37-24)16-7-3-2-4-8-16/h2-14,21-24,27-28,30H,15H2,1H3. The monoisotopic (exact) mass is 503 g/mol. The lowest BCUT2D eigenvalue weighted by atomic mass is 9.94. The molecule has 3 aromatic rings. The van der Waals surface area contributed by atoms with Gasteiger partial charge in [0.25, 0.3) is 11.8 Å². The summed E-state index contributed by atoms with van der Waals surface area (Å²) in [5, 5.41) is 11.6. The van der Waals surface area contributed by atoms with E-state index in [0.29, 0.717) is 11.5 Å². The molecule has 3 aliphatic heterocycles. The number of carbonyl (C=O) groups excluding carboxylic acids is 2. The summed E-state index contributed by atoms with van der Waals surface area (Å²) in [4.78, 5) is 27.8. The molecule has 2 fully saturated rings. The molecule has 3 aromatic carbocycles. The van der Waals surface area contributed by atoms with Crippen molar-refractivity contribution in [2.75, 3.05) is 13.7 Å². The largest absolute Gasteiger partial charge is 0.497 e. The molecule has 6 rings (SSSR count). The molecule has 0 aliphatic carbocycles. The van der Waals surface area contributed by atoms with Gasteiger partial charge in [-0.2, -0.15) is 0 Å². The molecule has 0 aromatic heterocycles. The van der Waals surface area contributed by atoms with Gasteiger partial charge in [0.1, 0.15) is 35.9 Å². The van der Waals surface area contributed by atoms with Crippen LogP contribution in [0.3, 0.4) is 0 Å². The zero-order valence-electron chi connectivity index (χ0n) is 19.9. The fraction of sp³-hybridized carbons (Fsp3) is 0.286. The molecule has 9 nitrogen and oxygen atoms in total. The Balaban J connectivity index is 1.33. The van der Waals surface area contributed by atoms with Gasteiger partial charge >= 0.3 is 0 Å². The number of imide groups is 1. The third-order valence-electron chi connectivity index (χ3n) is 6.84. The lowest BCUT2D eigenvalue weighted by Gasteiger charge is -2.49. The maximum atomic E-state index is 13.4. The highest BCUT2D eigenvalue weighted by Gasteiger charge is 2.56. The highest BCUT2D eigenvalue weighted by Crippen LogP contribution is 2.38. The number of amides is 2. The number of benzene rings is 3. The van der Waals surface area contributed by atoms with Crippen molar-refractivity contribution in [1.29, 1.82) is 0 Å². The van der Waals surface area contributed by atoms with Crippen molar-refractivity contribution in [3.63, 3.8) is 0 Å². The first kappa shape index (κ1) is 23.6. The van der Waals surface area contributed by atoms with Gasteiger partial charge in [-0.3, -0.25) is 14.5 Å². The van der Waals surface area contributed by atoms with Crippen LogP contribution in [0.25, 0.3) is 0 Å². The lowest BCUT2D eigenvalue weighted by Crippen LogP contribution is -2.68. The molecule has 6 atom stereocenters. The van der Waals surface area contributed by atoms with Crippen LogP contribution in [-0.4, -0.2) is 66.2 Å². The Morgan fingerprint density at radius 2 is 1.46 bits per heavy atom. The average Bonchev–Trinajstić information content (AvgIpc) is 3.19. The zero-order chi connectivity index (χ0) is 25.5. The highest BCUT2D eigenvalue weighted by atomic mass is 16.7. The molecule has 3 aliphatic rings. The van der Waals surface area contributed by atoms with Gasteiger partial charge in [-0.15, -0.1) is 0 Å². The first-order chi connectivity index (χ1) is 18.0. The average molecular weight is 504 g/mol. The van der Waals surface area contributed by atoms with Crippen molar-refractivity contribution in [2.45, 2.75) is 36.9 Å². The van der Waals surface area contributed by atoms with Crippen LogP contribution in [0.2, 0.25) is 0 Å². The molecule has 0 spiro atoms. The zero-order valence-corrected chi connectivity index (χ0v) is 19.9. The first-order valence-corrected chi connectivity index (χ1v) is 12.0. The Bertz CT molecular complexity index is 1260. The van der Waals surface area contributed by atoms with Crippen molar-refractivity contribution < 1.29 is 38.4 Å². The van der Waals surface area contributed by atoms with E-state index in [0.717, 1.165) is 10.5 Å². The second-order valence-electron chi connectivity index (χ2n) is 9.02. The van der Waals surface area contributed by atoms with E-state index >= 15 is 0 Å². The van der Waals surface area contributed by atoms with Gasteiger partial charge in [-0.1, -0.05) is 42.5 Å². The Hall–Kier alpha value is -3.76. The fourth-order valence-electron chi connectivity index (χ4n) is 5.00. The second-order valence-corrected chi connectivity index (χ2v) is 9.02. The van der Waals surface area contributed by atoms with Crippen LogP contribution in [0.5, 0.6) is 11.5 Å². The van der Waals surface area contributed by atoms with Gasteiger partial charge in [-0.25, -0.2) is 0 Å². The Morgan fingerprint density at radius 3 is 2.11 bits per heavy atom. The van der Waals surface area contributed by atoms with E-state index in [1.807, 2.05) is 30.3 Å². The summed E-state index contributed by atoms with van der Waals surface area (Å²) in [5.74, 6) is -0.00351. The van der Waals surface area contributed by atoms with Crippen LogP contribution >= 0.6 is 0 Å². The molecule has 0 radical (unpaired) electrons. The van der Waals surface area contributed by atoms with Gasteiger partial charge in [0.2, 0.25) is 6.29 Å². The molecule has 2 saturated heterocycles. The summed E-state index contributed by atoms with van der Waals surface area (Å²) < 4.78 is 29.6. The number of ether oxygens (including phenoxy) is 5. The maximum absolute atomic E-state index is 13.4. The van der Waals surface area contributed by atoms with Gasteiger partial charge in [-0.05, 0) is 36.4 Å². The normalized spacial score (nSPS) is 29.0. The molecule has 0 saturated carbocycles. The molecular weight excluding hydrogens is 478 g/mol. The predicted molar refractivity (Wildman–Crippen MR) is 129 cm³/mol. The van der Waals surface area contributed by atoms with E-state index in [1.54, 1.807) is 55.6 Å². The minimum absolute atomic E-state index is 0.124. The van der Waals surface area contributed by atoms with E-state index in [2.05, 4.69) is 0 Å². The van der Waals surface area contributed by atoms with Crippen molar-refractivity contribution in [3.05, 3.63) is 95.6 Å². The molecule has 190 valence electrons. The van der Waals surface area contributed by atoms with Gasteiger partial charge in [0.15, 0.2) is 6.29 Å². The summed E-state index contributed by atoms with van der Waals surface area (Å²) in [6.07, 6.45) is -4.78.